The molecule has 1 aliphatic rings. The van der Waals surface area contributed by atoms with Crippen molar-refractivity contribution in [2.75, 3.05) is 5.32 Å². The molecule has 0 amide bonds. The topological polar surface area (TPSA) is 37.8 Å². The van der Waals surface area contributed by atoms with Gasteiger partial charge in [0.15, 0.2) is 0 Å². The van der Waals surface area contributed by atoms with Crippen molar-refractivity contribution in [1.82, 2.24) is 9.97 Å². The minimum atomic E-state index is 0.564. The maximum atomic E-state index is 4.56. The summed E-state index contributed by atoms with van der Waals surface area (Å²) in [6.07, 6.45) is 8.53. The molecular weight excluding hydrogens is 210 g/mol. The molecule has 0 spiro atoms. The van der Waals surface area contributed by atoms with E-state index in [1.54, 1.807) is 0 Å². The van der Waals surface area contributed by atoms with Gasteiger partial charge in [0.25, 0.3) is 0 Å². The first kappa shape index (κ1) is 12.3. The number of nitrogens with one attached hydrogen (secondary N) is 1. The molecular formula is C14H23N3. The third kappa shape index (κ3) is 3.18. The van der Waals surface area contributed by atoms with Crippen LogP contribution in [0.4, 0.5) is 5.82 Å². The van der Waals surface area contributed by atoms with E-state index in [-0.39, 0.29) is 0 Å². The number of aryl methyl sites for hydroxylation is 2. The molecule has 0 saturated heterocycles. The fourth-order valence-electron chi connectivity index (χ4n) is 2.51. The molecule has 2 rings (SSSR count). The molecule has 0 bridgehead atoms. The summed E-state index contributed by atoms with van der Waals surface area (Å²) in [5.41, 5.74) is 2.04. The first-order chi connectivity index (χ1) is 8.16. The summed E-state index contributed by atoms with van der Waals surface area (Å²) in [5.74, 6) is 1.67. The van der Waals surface area contributed by atoms with Gasteiger partial charge in [-0.25, -0.2) is 4.98 Å². The second kappa shape index (κ2) is 5.48. The summed E-state index contributed by atoms with van der Waals surface area (Å²) in [6.45, 7) is 6.36. The van der Waals surface area contributed by atoms with Gasteiger partial charge < -0.3 is 5.32 Å². The Hall–Kier alpha value is -1.12. The van der Waals surface area contributed by atoms with Crippen LogP contribution in [0.25, 0.3) is 0 Å². The van der Waals surface area contributed by atoms with Crippen molar-refractivity contribution < 1.29 is 0 Å². The maximum Gasteiger partial charge on any atom is 0.145 e. The predicted octanol–water partition coefficient (Wildman–Crippen LogP) is 3.47. The quantitative estimate of drug-likeness (QED) is 0.795. The van der Waals surface area contributed by atoms with E-state index in [2.05, 4.69) is 22.2 Å². The van der Waals surface area contributed by atoms with E-state index in [9.17, 15) is 0 Å². The molecule has 1 N–H and O–H groups in total. The second-order valence-electron chi connectivity index (χ2n) is 5.29. The Bertz CT molecular complexity index is 376. The van der Waals surface area contributed by atoms with Gasteiger partial charge in [-0.1, -0.05) is 26.2 Å². The van der Waals surface area contributed by atoms with Crippen LogP contribution in [-0.4, -0.2) is 16.0 Å². The summed E-state index contributed by atoms with van der Waals surface area (Å²) in [6, 6.07) is 0.564. The van der Waals surface area contributed by atoms with E-state index in [0.717, 1.165) is 23.1 Å². The Morgan fingerprint density at radius 3 is 2.65 bits per heavy atom. The van der Waals surface area contributed by atoms with Crippen LogP contribution in [-0.2, 0) is 0 Å². The molecule has 1 fully saturated rings. The van der Waals surface area contributed by atoms with Gasteiger partial charge in [0.1, 0.15) is 5.82 Å². The molecule has 1 saturated carbocycles. The van der Waals surface area contributed by atoms with E-state index >= 15 is 0 Å². The van der Waals surface area contributed by atoms with Gasteiger partial charge in [-0.05, 0) is 32.6 Å². The lowest BCUT2D eigenvalue weighted by atomic mass is 9.97. The smallest absolute Gasteiger partial charge is 0.145 e. The normalized spacial score (nSPS) is 25.4. The summed E-state index contributed by atoms with van der Waals surface area (Å²) >= 11 is 0. The number of nitrogens with zero attached hydrogens (tertiary/aromatic N) is 2. The second-order valence-corrected chi connectivity index (χ2v) is 5.29. The predicted molar refractivity (Wildman–Crippen MR) is 71.2 cm³/mol. The van der Waals surface area contributed by atoms with E-state index in [0.29, 0.717) is 6.04 Å². The molecule has 3 nitrogen and oxygen atoms in total. The van der Waals surface area contributed by atoms with E-state index in [1.807, 2.05) is 20.0 Å². The van der Waals surface area contributed by atoms with E-state index in [1.165, 1.54) is 32.1 Å². The van der Waals surface area contributed by atoms with Gasteiger partial charge in [-0.2, -0.15) is 0 Å². The number of hydrogen-bond donors (Lipinski definition) is 1. The Balaban J connectivity index is 2.05. The van der Waals surface area contributed by atoms with Crippen LogP contribution in [0.2, 0.25) is 0 Å². The molecule has 1 heterocycles. The number of rotatable bonds is 2. The molecule has 1 aromatic heterocycles. The van der Waals surface area contributed by atoms with Crippen LogP contribution in [0.1, 0.15) is 50.4 Å². The summed E-state index contributed by atoms with van der Waals surface area (Å²) in [5, 5.41) is 3.57. The van der Waals surface area contributed by atoms with Crippen LogP contribution in [0.15, 0.2) is 6.20 Å². The summed E-state index contributed by atoms with van der Waals surface area (Å²) in [4.78, 5) is 8.93. The molecule has 0 aliphatic heterocycles. The van der Waals surface area contributed by atoms with Crippen LogP contribution >= 0.6 is 0 Å². The van der Waals surface area contributed by atoms with Crippen molar-refractivity contribution in [3.05, 3.63) is 17.6 Å². The third-order valence-electron chi connectivity index (χ3n) is 3.89. The van der Waals surface area contributed by atoms with E-state index in [4.69, 9.17) is 0 Å². The fraction of sp³-hybridized carbons (Fsp3) is 0.714. The third-order valence-corrected chi connectivity index (χ3v) is 3.89. The Kier molecular flexibility index (Phi) is 3.97. The molecule has 1 aromatic rings. The molecule has 1 aliphatic carbocycles. The van der Waals surface area contributed by atoms with Crippen molar-refractivity contribution >= 4 is 5.82 Å². The number of hydrogen-bond acceptors (Lipinski definition) is 3. The van der Waals surface area contributed by atoms with Gasteiger partial charge in [0.05, 0.1) is 17.6 Å². The first-order valence-corrected chi connectivity index (χ1v) is 6.73. The average Bonchev–Trinajstić information content (AvgIpc) is 2.50. The highest BCUT2D eigenvalue weighted by molar-refractivity contribution is 5.34. The van der Waals surface area contributed by atoms with Gasteiger partial charge in [0.2, 0.25) is 0 Å². The van der Waals surface area contributed by atoms with Gasteiger partial charge >= 0.3 is 0 Å². The Labute approximate surface area is 104 Å². The lowest BCUT2D eigenvalue weighted by Gasteiger charge is -2.23. The molecule has 0 aromatic carbocycles. The Morgan fingerprint density at radius 2 is 1.88 bits per heavy atom. The molecule has 0 radical (unpaired) electrons. The first-order valence-electron chi connectivity index (χ1n) is 6.73. The number of aromatic nitrogens is 2. The average molecular weight is 233 g/mol. The highest BCUT2D eigenvalue weighted by atomic mass is 15.0. The lowest BCUT2D eigenvalue weighted by molar-refractivity contribution is 0.455. The van der Waals surface area contributed by atoms with Crippen molar-refractivity contribution in [3.63, 3.8) is 0 Å². The van der Waals surface area contributed by atoms with Crippen molar-refractivity contribution in [3.8, 4) is 0 Å². The van der Waals surface area contributed by atoms with Crippen molar-refractivity contribution in [2.24, 2.45) is 5.92 Å². The fourth-order valence-corrected chi connectivity index (χ4v) is 2.51. The van der Waals surface area contributed by atoms with Crippen molar-refractivity contribution in [1.29, 1.82) is 0 Å². The summed E-state index contributed by atoms with van der Waals surface area (Å²) < 4.78 is 0. The zero-order chi connectivity index (χ0) is 12.3. The standard InChI is InChI=1S/C14H23N3/c1-10-7-5-4-6-8-13(10)17-14-9-15-11(2)12(3)16-14/h9-10,13H,4-8H2,1-3H3,(H,16,17). The monoisotopic (exact) mass is 233 g/mol. The summed E-state index contributed by atoms with van der Waals surface area (Å²) in [7, 11) is 0. The minimum absolute atomic E-state index is 0.564. The van der Waals surface area contributed by atoms with E-state index < -0.39 is 0 Å². The SMILES string of the molecule is Cc1ncc(NC2CCCCCC2C)nc1C. The van der Waals surface area contributed by atoms with Gasteiger partial charge in [-0.15, -0.1) is 0 Å². The molecule has 3 heteroatoms. The Morgan fingerprint density at radius 1 is 1.12 bits per heavy atom. The van der Waals surface area contributed by atoms with Crippen LogP contribution in [0.5, 0.6) is 0 Å². The highest BCUT2D eigenvalue weighted by Gasteiger charge is 2.20. The zero-order valence-electron chi connectivity index (χ0n) is 11.2. The molecule has 94 valence electrons. The molecule has 2 unspecified atom stereocenters. The molecule has 17 heavy (non-hydrogen) atoms. The van der Waals surface area contributed by atoms with Crippen molar-refractivity contribution in [2.45, 2.75) is 58.9 Å². The number of anilines is 1. The minimum Gasteiger partial charge on any atom is -0.366 e. The zero-order valence-corrected chi connectivity index (χ0v) is 11.2. The maximum absolute atomic E-state index is 4.56. The van der Waals surface area contributed by atoms with Crippen LogP contribution in [0, 0.1) is 19.8 Å². The largest absolute Gasteiger partial charge is 0.366 e. The highest BCUT2D eigenvalue weighted by Crippen LogP contribution is 2.25. The van der Waals surface area contributed by atoms with Gasteiger partial charge in [-0.3, -0.25) is 4.98 Å². The lowest BCUT2D eigenvalue weighted by Crippen LogP contribution is -2.26. The molecule has 2 atom stereocenters. The van der Waals surface area contributed by atoms with Crippen LogP contribution < -0.4 is 5.32 Å². The van der Waals surface area contributed by atoms with Crippen LogP contribution in [0.3, 0.4) is 0 Å². The van der Waals surface area contributed by atoms with Gasteiger partial charge in [0, 0.05) is 6.04 Å².